The van der Waals surface area contributed by atoms with E-state index in [2.05, 4.69) is 5.32 Å². The van der Waals surface area contributed by atoms with Crippen LogP contribution < -0.4 is 5.32 Å². The molecule has 2 N–H and O–H groups in total. The van der Waals surface area contributed by atoms with Crippen LogP contribution in [0.1, 0.15) is 29.6 Å². The van der Waals surface area contributed by atoms with E-state index < -0.39 is 0 Å². The summed E-state index contributed by atoms with van der Waals surface area (Å²) in [6.45, 7) is 0.733. The third kappa shape index (κ3) is 2.47. The lowest BCUT2D eigenvalue weighted by Crippen LogP contribution is -2.32. The van der Waals surface area contributed by atoms with E-state index in [1.165, 1.54) is 31.4 Å². The Morgan fingerprint density at radius 2 is 2.25 bits per heavy atom. The number of carbonyl (C=O) groups is 1. The number of amides is 1. The first-order chi connectivity index (χ1) is 7.66. The van der Waals surface area contributed by atoms with E-state index in [1.54, 1.807) is 6.07 Å². The Morgan fingerprint density at radius 3 is 2.81 bits per heavy atom. The van der Waals surface area contributed by atoms with Crippen molar-refractivity contribution in [3.63, 3.8) is 0 Å². The Bertz CT molecular complexity index is 402. The number of carbonyl (C=O) groups excluding carboxylic acids is 1. The highest BCUT2D eigenvalue weighted by atomic mass is 35.5. The fraction of sp³-hybridized carbons (Fsp3) is 0.417. The molecule has 1 aliphatic rings. The highest BCUT2D eigenvalue weighted by molar-refractivity contribution is 6.32. The number of benzene rings is 1. The van der Waals surface area contributed by atoms with Crippen LogP contribution in [0.3, 0.4) is 0 Å². The first-order valence-electron chi connectivity index (χ1n) is 5.43. The minimum Gasteiger partial charge on any atom is -0.506 e. The predicted molar refractivity (Wildman–Crippen MR) is 62.8 cm³/mol. The molecule has 2 rings (SSSR count). The monoisotopic (exact) mass is 239 g/mol. The van der Waals surface area contributed by atoms with Gasteiger partial charge in [-0.25, -0.2) is 0 Å². The smallest absolute Gasteiger partial charge is 0.251 e. The van der Waals surface area contributed by atoms with Crippen molar-refractivity contribution in [1.29, 1.82) is 0 Å². The molecular weight excluding hydrogens is 226 g/mol. The van der Waals surface area contributed by atoms with Gasteiger partial charge in [-0.3, -0.25) is 4.79 Å². The molecule has 0 bridgehead atoms. The van der Waals surface area contributed by atoms with Gasteiger partial charge in [-0.05, 0) is 37.0 Å². The van der Waals surface area contributed by atoms with Crippen LogP contribution in [0, 0.1) is 5.92 Å². The topological polar surface area (TPSA) is 49.3 Å². The average Bonchev–Trinajstić information content (AvgIpc) is 2.19. The fourth-order valence-electron chi connectivity index (χ4n) is 1.68. The Labute approximate surface area is 99.4 Å². The predicted octanol–water partition coefficient (Wildman–Crippen LogP) is 2.58. The molecule has 4 heteroatoms. The zero-order valence-corrected chi connectivity index (χ0v) is 9.63. The maximum atomic E-state index is 11.7. The standard InChI is InChI=1S/C12H14ClNO2/c13-10-6-9(4-5-11(10)15)12(16)14-7-8-2-1-3-8/h4-6,8,15H,1-3,7H2,(H,14,16). The molecule has 0 spiro atoms. The first-order valence-corrected chi connectivity index (χ1v) is 5.81. The summed E-state index contributed by atoms with van der Waals surface area (Å²) in [5, 5.41) is 12.3. The van der Waals surface area contributed by atoms with Crippen molar-refractivity contribution in [3.8, 4) is 5.75 Å². The number of hydrogen-bond donors (Lipinski definition) is 2. The molecule has 1 aromatic rings. The van der Waals surface area contributed by atoms with E-state index in [0.717, 1.165) is 6.54 Å². The van der Waals surface area contributed by atoms with Gasteiger partial charge in [0.1, 0.15) is 5.75 Å². The van der Waals surface area contributed by atoms with E-state index in [9.17, 15) is 9.90 Å². The van der Waals surface area contributed by atoms with Crippen LogP contribution in [0.2, 0.25) is 5.02 Å². The maximum Gasteiger partial charge on any atom is 0.251 e. The lowest BCUT2D eigenvalue weighted by molar-refractivity contribution is 0.0939. The van der Waals surface area contributed by atoms with Crippen molar-refractivity contribution in [2.24, 2.45) is 5.92 Å². The normalized spacial score (nSPS) is 15.6. The summed E-state index contributed by atoms with van der Waals surface area (Å²) in [5.41, 5.74) is 0.488. The van der Waals surface area contributed by atoms with Crippen molar-refractivity contribution in [2.45, 2.75) is 19.3 Å². The fourth-order valence-corrected chi connectivity index (χ4v) is 1.86. The van der Waals surface area contributed by atoms with E-state index in [1.807, 2.05) is 0 Å². The van der Waals surface area contributed by atoms with Gasteiger partial charge < -0.3 is 10.4 Å². The van der Waals surface area contributed by atoms with Gasteiger partial charge in [-0.15, -0.1) is 0 Å². The molecule has 16 heavy (non-hydrogen) atoms. The number of hydrogen-bond acceptors (Lipinski definition) is 2. The SMILES string of the molecule is O=C(NCC1CCC1)c1ccc(O)c(Cl)c1. The largest absolute Gasteiger partial charge is 0.506 e. The van der Waals surface area contributed by atoms with E-state index >= 15 is 0 Å². The minimum atomic E-state index is -0.131. The van der Waals surface area contributed by atoms with Gasteiger partial charge in [0.25, 0.3) is 5.91 Å². The lowest BCUT2D eigenvalue weighted by atomic mass is 9.85. The summed E-state index contributed by atoms with van der Waals surface area (Å²) in [5.74, 6) is 0.502. The van der Waals surface area contributed by atoms with Gasteiger partial charge in [0.2, 0.25) is 0 Å². The first kappa shape index (κ1) is 11.3. The molecule has 1 saturated carbocycles. The molecule has 0 heterocycles. The molecule has 1 aromatic carbocycles. The second kappa shape index (κ2) is 4.74. The summed E-state index contributed by atoms with van der Waals surface area (Å²) in [7, 11) is 0. The molecule has 0 atom stereocenters. The third-order valence-electron chi connectivity index (χ3n) is 2.99. The van der Waals surface area contributed by atoms with E-state index in [4.69, 9.17) is 11.6 Å². The maximum absolute atomic E-state index is 11.7. The van der Waals surface area contributed by atoms with Crippen LogP contribution >= 0.6 is 11.6 Å². The van der Waals surface area contributed by atoms with Crippen LogP contribution in [0.5, 0.6) is 5.75 Å². The van der Waals surface area contributed by atoms with Gasteiger partial charge in [0.05, 0.1) is 5.02 Å². The summed E-state index contributed by atoms with van der Waals surface area (Å²) < 4.78 is 0. The van der Waals surface area contributed by atoms with Crippen molar-refractivity contribution >= 4 is 17.5 Å². The van der Waals surface area contributed by atoms with E-state index in [-0.39, 0.29) is 16.7 Å². The van der Waals surface area contributed by atoms with Gasteiger partial charge in [-0.2, -0.15) is 0 Å². The number of phenolic OH excluding ortho intramolecular Hbond substituents is 1. The second-order valence-electron chi connectivity index (χ2n) is 4.17. The van der Waals surface area contributed by atoms with Crippen molar-refractivity contribution in [2.75, 3.05) is 6.54 Å². The number of halogens is 1. The van der Waals surface area contributed by atoms with Crippen molar-refractivity contribution in [3.05, 3.63) is 28.8 Å². The average molecular weight is 240 g/mol. The number of nitrogens with one attached hydrogen (secondary N) is 1. The Balaban J connectivity index is 1.94. The highest BCUT2D eigenvalue weighted by Gasteiger charge is 2.18. The van der Waals surface area contributed by atoms with Crippen LogP contribution in [0.15, 0.2) is 18.2 Å². The van der Waals surface area contributed by atoms with Gasteiger partial charge in [-0.1, -0.05) is 18.0 Å². The molecule has 0 saturated heterocycles. The highest BCUT2D eigenvalue weighted by Crippen LogP contribution is 2.26. The van der Waals surface area contributed by atoms with Gasteiger partial charge >= 0.3 is 0 Å². The second-order valence-corrected chi connectivity index (χ2v) is 4.58. The number of rotatable bonds is 3. The molecule has 0 aromatic heterocycles. The molecule has 0 unspecified atom stereocenters. The zero-order valence-electron chi connectivity index (χ0n) is 8.87. The summed E-state index contributed by atoms with van der Waals surface area (Å²) >= 11 is 5.73. The zero-order chi connectivity index (χ0) is 11.5. The Hall–Kier alpha value is -1.22. The molecule has 1 aliphatic carbocycles. The van der Waals surface area contributed by atoms with Gasteiger partial charge in [0, 0.05) is 12.1 Å². The molecular formula is C12H14ClNO2. The van der Waals surface area contributed by atoms with Gasteiger partial charge in [0.15, 0.2) is 0 Å². The van der Waals surface area contributed by atoms with Crippen LogP contribution in [-0.2, 0) is 0 Å². The Kier molecular flexibility index (Phi) is 3.34. The summed E-state index contributed by atoms with van der Waals surface area (Å²) in [4.78, 5) is 11.7. The molecule has 86 valence electrons. The van der Waals surface area contributed by atoms with Crippen molar-refractivity contribution in [1.82, 2.24) is 5.32 Å². The van der Waals surface area contributed by atoms with Crippen molar-refractivity contribution < 1.29 is 9.90 Å². The Morgan fingerprint density at radius 1 is 1.50 bits per heavy atom. The molecule has 1 fully saturated rings. The van der Waals surface area contributed by atoms with Crippen LogP contribution in [0.25, 0.3) is 0 Å². The lowest BCUT2D eigenvalue weighted by Gasteiger charge is -2.25. The molecule has 1 amide bonds. The quantitative estimate of drug-likeness (QED) is 0.852. The third-order valence-corrected chi connectivity index (χ3v) is 3.29. The number of phenols is 1. The minimum absolute atomic E-state index is 0.00258. The molecule has 0 aliphatic heterocycles. The number of aromatic hydroxyl groups is 1. The van der Waals surface area contributed by atoms with Crippen LogP contribution in [-0.4, -0.2) is 17.6 Å². The molecule has 3 nitrogen and oxygen atoms in total. The summed E-state index contributed by atoms with van der Waals surface area (Å²) in [6.07, 6.45) is 3.68. The molecule has 0 radical (unpaired) electrons. The van der Waals surface area contributed by atoms with Crippen LogP contribution in [0.4, 0.5) is 0 Å². The van der Waals surface area contributed by atoms with E-state index in [0.29, 0.717) is 11.5 Å². The summed E-state index contributed by atoms with van der Waals surface area (Å²) in [6, 6.07) is 4.48.